The maximum atomic E-state index is 10.9. The summed E-state index contributed by atoms with van der Waals surface area (Å²) in [5, 5.41) is 9.13. The first-order valence-corrected chi connectivity index (χ1v) is 5.08. The van der Waals surface area contributed by atoms with Crippen molar-refractivity contribution in [1.82, 2.24) is 0 Å². The molecule has 0 radical (unpaired) electrons. The number of aliphatic hydroxyl groups excluding tert-OH is 1. The minimum Gasteiger partial charge on any atom is -0.492 e. The molecule has 4 nitrogen and oxygen atoms in total. The molecule has 16 heavy (non-hydrogen) atoms. The molecular formula is C12H16O4. The first-order chi connectivity index (χ1) is 7.69. The van der Waals surface area contributed by atoms with Crippen molar-refractivity contribution in [3.63, 3.8) is 0 Å². The Morgan fingerprint density at radius 1 is 1.44 bits per heavy atom. The van der Waals surface area contributed by atoms with Crippen molar-refractivity contribution in [2.24, 2.45) is 0 Å². The van der Waals surface area contributed by atoms with E-state index in [0.29, 0.717) is 5.75 Å². The molecule has 0 bridgehead atoms. The van der Waals surface area contributed by atoms with E-state index in [9.17, 15) is 4.79 Å². The van der Waals surface area contributed by atoms with Crippen LogP contribution in [0.4, 0.5) is 0 Å². The van der Waals surface area contributed by atoms with Crippen molar-refractivity contribution in [3.8, 4) is 5.75 Å². The van der Waals surface area contributed by atoms with E-state index < -0.39 is 0 Å². The molecule has 0 unspecified atom stereocenters. The van der Waals surface area contributed by atoms with Crippen molar-refractivity contribution >= 4 is 5.97 Å². The molecule has 1 aromatic rings. The summed E-state index contributed by atoms with van der Waals surface area (Å²) in [6.45, 7) is 2.08. The van der Waals surface area contributed by atoms with Crippen LogP contribution in [0.2, 0.25) is 0 Å². The quantitative estimate of drug-likeness (QED) is 0.769. The molecule has 0 saturated carbocycles. The Bertz CT molecular complexity index is 360. The van der Waals surface area contributed by atoms with Gasteiger partial charge in [0.25, 0.3) is 0 Å². The second-order valence-electron chi connectivity index (χ2n) is 3.40. The lowest BCUT2D eigenvalue weighted by atomic mass is 10.1. The predicted molar refractivity (Wildman–Crippen MR) is 59.2 cm³/mol. The molecule has 1 rings (SSSR count). The van der Waals surface area contributed by atoms with E-state index in [1.165, 1.54) is 7.11 Å². The molecule has 0 heterocycles. The molecule has 0 aliphatic rings. The lowest BCUT2D eigenvalue weighted by Crippen LogP contribution is -2.09. The number of para-hydroxylation sites is 1. The van der Waals surface area contributed by atoms with Crippen molar-refractivity contribution in [1.29, 1.82) is 0 Å². The highest BCUT2D eigenvalue weighted by molar-refractivity contribution is 5.69. The highest BCUT2D eigenvalue weighted by Gasteiger charge is 2.07. The Morgan fingerprint density at radius 2 is 2.19 bits per heavy atom. The molecular weight excluding hydrogens is 208 g/mol. The molecule has 1 N–H and O–H groups in total. The van der Waals surface area contributed by atoms with Crippen LogP contribution >= 0.6 is 0 Å². The third-order valence-corrected chi connectivity index (χ3v) is 2.24. The van der Waals surface area contributed by atoms with Gasteiger partial charge in [-0.2, -0.15) is 0 Å². The molecule has 1 aromatic carbocycles. The minimum atomic E-state index is -0.306. The van der Waals surface area contributed by atoms with Crippen molar-refractivity contribution in [2.75, 3.05) is 13.7 Å². The summed E-state index contributed by atoms with van der Waals surface area (Å²) in [7, 11) is 1.34. The van der Waals surface area contributed by atoms with Crippen LogP contribution in [0.3, 0.4) is 0 Å². The Kier molecular flexibility index (Phi) is 4.79. The van der Waals surface area contributed by atoms with Gasteiger partial charge in [0.1, 0.15) is 5.75 Å². The fraction of sp³-hybridized carbons (Fsp3) is 0.417. The molecule has 0 aliphatic heterocycles. The van der Waals surface area contributed by atoms with Gasteiger partial charge in [0.2, 0.25) is 0 Å². The molecule has 0 aliphatic carbocycles. The third kappa shape index (κ3) is 3.24. The monoisotopic (exact) mass is 224 g/mol. The summed E-state index contributed by atoms with van der Waals surface area (Å²) >= 11 is 0. The molecule has 0 atom stereocenters. The van der Waals surface area contributed by atoms with Gasteiger partial charge in [0.15, 0.2) is 0 Å². The molecule has 4 heteroatoms. The van der Waals surface area contributed by atoms with E-state index in [1.54, 1.807) is 6.07 Å². The van der Waals surface area contributed by atoms with Crippen LogP contribution in [0, 0.1) is 6.92 Å². The number of methoxy groups -OCH3 is 1. The van der Waals surface area contributed by atoms with E-state index in [1.807, 2.05) is 19.1 Å². The number of rotatable bonds is 5. The van der Waals surface area contributed by atoms with Crippen LogP contribution in [0.5, 0.6) is 5.75 Å². The highest BCUT2D eigenvalue weighted by Crippen LogP contribution is 2.23. The van der Waals surface area contributed by atoms with E-state index in [-0.39, 0.29) is 25.6 Å². The second kappa shape index (κ2) is 6.12. The summed E-state index contributed by atoms with van der Waals surface area (Å²) in [5.41, 5.74) is 1.67. The van der Waals surface area contributed by atoms with Crippen LogP contribution in [0.1, 0.15) is 17.5 Å². The molecule has 0 spiro atoms. The number of ether oxygens (including phenoxy) is 2. The van der Waals surface area contributed by atoms with Crippen molar-refractivity contribution in [2.45, 2.75) is 20.0 Å². The molecule has 0 amide bonds. The lowest BCUT2D eigenvalue weighted by molar-refractivity contribution is -0.141. The Hall–Kier alpha value is -1.55. The Morgan fingerprint density at radius 3 is 2.81 bits per heavy atom. The third-order valence-electron chi connectivity index (χ3n) is 2.24. The summed E-state index contributed by atoms with van der Waals surface area (Å²) in [5.74, 6) is 0.341. The number of carbonyl (C=O) groups is 1. The average molecular weight is 224 g/mol. The van der Waals surface area contributed by atoms with E-state index in [2.05, 4.69) is 4.74 Å². The maximum Gasteiger partial charge on any atom is 0.308 e. The minimum absolute atomic E-state index is 0.0742. The van der Waals surface area contributed by atoms with Gasteiger partial charge >= 0.3 is 5.97 Å². The molecule has 0 saturated heterocycles. The number of aryl methyl sites for hydroxylation is 1. The van der Waals surface area contributed by atoms with Gasteiger partial charge in [0.05, 0.1) is 26.7 Å². The van der Waals surface area contributed by atoms with Gasteiger partial charge < -0.3 is 14.6 Å². The number of aliphatic hydroxyl groups is 1. The van der Waals surface area contributed by atoms with Gasteiger partial charge in [0, 0.05) is 5.56 Å². The number of hydrogen-bond donors (Lipinski definition) is 1. The van der Waals surface area contributed by atoms with Crippen LogP contribution in [-0.4, -0.2) is 24.8 Å². The van der Waals surface area contributed by atoms with E-state index in [0.717, 1.165) is 11.1 Å². The SMILES string of the molecule is COC(=O)CCOc1c(C)cccc1CO. The fourth-order valence-corrected chi connectivity index (χ4v) is 1.38. The Balaban J connectivity index is 2.62. The van der Waals surface area contributed by atoms with E-state index in [4.69, 9.17) is 9.84 Å². The summed E-state index contributed by atoms with van der Waals surface area (Å²) in [6.07, 6.45) is 0.204. The van der Waals surface area contributed by atoms with Crippen molar-refractivity contribution < 1.29 is 19.4 Å². The van der Waals surface area contributed by atoms with Crippen LogP contribution in [0.15, 0.2) is 18.2 Å². The summed E-state index contributed by atoms with van der Waals surface area (Å²) in [6, 6.07) is 5.54. The molecule has 0 fully saturated rings. The predicted octanol–water partition coefficient (Wildman–Crippen LogP) is 1.43. The average Bonchev–Trinajstić information content (AvgIpc) is 2.30. The first kappa shape index (κ1) is 12.5. The smallest absolute Gasteiger partial charge is 0.308 e. The fourth-order valence-electron chi connectivity index (χ4n) is 1.38. The second-order valence-corrected chi connectivity index (χ2v) is 3.40. The number of carbonyl (C=O) groups excluding carboxylic acids is 1. The number of benzene rings is 1. The largest absolute Gasteiger partial charge is 0.492 e. The van der Waals surface area contributed by atoms with E-state index >= 15 is 0 Å². The normalized spacial score (nSPS) is 9.94. The zero-order valence-electron chi connectivity index (χ0n) is 9.53. The zero-order chi connectivity index (χ0) is 12.0. The van der Waals surface area contributed by atoms with Crippen molar-refractivity contribution in [3.05, 3.63) is 29.3 Å². The van der Waals surface area contributed by atoms with Gasteiger partial charge in [-0.15, -0.1) is 0 Å². The van der Waals surface area contributed by atoms with Gasteiger partial charge in [-0.3, -0.25) is 4.79 Å². The number of esters is 1. The highest BCUT2D eigenvalue weighted by atomic mass is 16.5. The molecule has 0 aromatic heterocycles. The first-order valence-electron chi connectivity index (χ1n) is 5.08. The van der Waals surface area contributed by atoms with Crippen LogP contribution in [0.25, 0.3) is 0 Å². The number of hydrogen-bond acceptors (Lipinski definition) is 4. The molecule has 88 valence electrons. The van der Waals surface area contributed by atoms with Crippen LogP contribution < -0.4 is 4.74 Å². The van der Waals surface area contributed by atoms with Crippen LogP contribution in [-0.2, 0) is 16.1 Å². The topological polar surface area (TPSA) is 55.8 Å². The lowest BCUT2D eigenvalue weighted by Gasteiger charge is -2.12. The standard InChI is InChI=1S/C12H16O4/c1-9-4-3-5-10(8-13)12(9)16-7-6-11(14)15-2/h3-5,13H,6-8H2,1-2H3. The Labute approximate surface area is 94.8 Å². The zero-order valence-corrected chi connectivity index (χ0v) is 9.53. The summed E-state index contributed by atoms with van der Waals surface area (Å²) < 4.78 is 9.98. The van der Waals surface area contributed by atoms with Gasteiger partial charge in [-0.25, -0.2) is 0 Å². The van der Waals surface area contributed by atoms with Gasteiger partial charge in [-0.1, -0.05) is 18.2 Å². The maximum absolute atomic E-state index is 10.9. The van der Waals surface area contributed by atoms with Gasteiger partial charge in [-0.05, 0) is 12.5 Å². The summed E-state index contributed by atoms with van der Waals surface area (Å²) in [4.78, 5) is 10.9.